The molecule has 0 saturated heterocycles. The molecule has 6 N–H and O–H groups in total. The van der Waals surface area contributed by atoms with Gasteiger partial charge in [-0.1, -0.05) is 6.07 Å². The number of benzene rings is 1. The standard InChI is InChI=1S/C10H11F2N5/c11-5-1-2-6(8(12)3-5)9(16-14)7-4-15-17-10(7)13/h1-4,9,16H,14H2,(H3,13,15,17). The van der Waals surface area contributed by atoms with E-state index in [0.717, 1.165) is 12.1 Å². The van der Waals surface area contributed by atoms with Gasteiger partial charge in [0.05, 0.1) is 12.2 Å². The molecule has 0 amide bonds. The summed E-state index contributed by atoms with van der Waals surface area (Å²) in [7, 11) is 0. The highest BCUT2D eigenvalue weighted by Crippen LogP contribution is 2.26. The predicted octanol–water partition coefficient (Wildman–Crippen LogP) is 0.823. The summed E-state index contributed by atoms with van der Waals surface area (Å²) in [5.74, 6) is 4.29. The summed E-state index contributed by atoms with van der Waals surface area (Å²) in [6.45, 7) is 0. The zero-order valence-electron chi connectivity index (χ0n) is 8.74. The van der Waals surface area contributed by atoms with E-state index in [4.69, 9.17) is 11.6 Å². The SMILES string of the molecule is NNC(c1ccc(F)cc1F)c1cn[nH]c1N. The van der Waals surface area contributed by atoms with Gasteiger partial charge < -0.3 is 5.73 Å². The van der Waals surface area contributed by atoms with E-state index in [1.807, 2.05) is 0 Å². The van der Waals surface area contributed by atoms with Crippen molar-refractivity contribution < 1.29 is 8.78 Å². The number of aromatic amines is 1. The molecule has 0 aliphatic carbocycles. The lowest BCUT2D eigenvalue weighted by Crippen LogP contribution is -2.29. The summed E-state index contributed by atoms with van der Waals surface area (Å²) in [5, 5.41) is 6.24. The Balaban J connectivity index is 2.46. The number of hydrazine groups is 1. The van der Waals surface area contributed by atoms with Crippen LogP contribution in [0.1, 0.15) is 17.2 Å². The number of nitrogens with zero attached hydrogens (tertiary/aromatic N) is 1. The molecule has 17 heavy (non-hydrogen) atoms. The van der Waals surface area contributed by atoms with Crippen molar-refractivity contribution in [3.05, 3.63) is 47.2 Å². The normalized spacial score (nSPS) is 12.6. The van der Waals surface area contributed by atoms with E-state index in [0.29, 0.717) is 5.56 Å². The number of rotatable bonds is 3. The molecule has 7 heteroatoms. The third kappa shape index (κ3) is 2.10. The zero-order chi connectivity index (χ0) is 12.4. The van der Waals surface area contributed by atoms with E-state index in [9.17, 15) is 8.78 Å². The second-order valence-electron chi connectivity index (χ2n) is 3.50. The first-order valence-electron chi connectivity index (χ1n) is 4.83. The van der Waals surface area contributed by atoms with Crippen LogP contribution in [0.2, 0.25) is 0 Å². The number of aromatic nitrogens is 2. The van der Waals surface area contributed by atoms with Gasteiger partial charge in [0, 0.05) is 17.2 Å². The van der Waals surface area contributed by atoms with Crippen molar-refractivity contribution in [2.45, 2.75) is 6.04 Å². The Hall–Kier alpha value is -1.99. The van der Waals surface area contributed by atoms with Crippen molar-refractivity contribution in [1.82, 2.24) is 15.6 Å². The lowest BCUT2D eigenvalue weighted by Gasteiger charge is -2.16. The maximum absolute atomic E-state index is 13.6. The van der Waals surface area contributed by atoms with Crippen molar-refractivity contribution >= 4 is 5.82 Å². The van der Waals surface area contributed by atoms with Crippen molar-refractivity contribution in [3.8, 4) is 0 Å². The molecule has 2 aromatic rings. The molecular formula is C10H11F2N5. The van der Waals surface area contributed by atoms with Gasteiger partial charge in [0.25, 0.3) is 0 Å². The Morgan fingerprint density at radius 2 is 2.06 bits per heavy atom. The molecule has 0 aliphatic heterocycles. The summed E-state index contributed by atoms with van der Waals surface area (Å²) in [5.41, 5.74) is 8.74. The Bertz CT molecular complexity index is 525. The minimum Gasteiger partial charge on any atom is -0.384 e. The van der Waals surface area contributed by atoms with Gasteiger partial charge in [-0.25, -0.2) is 14.2 Å². The first kappa shape index (κ1) is 11.5. The summed E-state index contributed by atoms with van der Waals surface area (Å²) >= 11 is 0. The number of H-pyrrole nitrogens is 1. The second-order valence-corrected chi connectivity index (χ2v) is 3.50. The van der Waals surface area contributed by atoms with E-state index in [-0.39, 0.29) is 11.4 Å². The largest absolute Gasteiger partial charge is 0.384 e. The maximum atomic E-state index is 13.6. The second kappa shape index (κ2) is 4.48. The van der Waals surface area contributed by atoms with Crippen LogP contribution in [0.25, 0.3) is 0 Å². The monoisotopic (exact) mass is 239 g/mol. The Labute approximate surface area is 95.8 Å². The molecule has 5 nitrogen and oxygen atoms in total. The van der Waals surface area contributed by atoms with Crippen LogP contribution in [0.3, 0.4) is 0 Å². The van der Waals surface area contributed by atoms with Gasteiger partial charge in [0.2, 0.25) is 0 Å². The highest BCUT2D eigenvalue weighted by molar-refractivity contribution is 5.44. The topological polar surface area (TPSA) is 92.7 Å². The minimum absolute atomic E-state index is 0.196. The molecule has 0 bridgehead atoms. The Morgan fingerprint density at radius 3 is 2.59 bits per heavy atom. The van der Waals surface area contributed by atoms with Crippen LogP contribution in [0, 0.1) is 11.6 Å². The van der Waals surface area contributed by atoms with Crippen LogP contribution in [0.5, 0.6) is 0 Å². The number of nitrogens with two attached hydrogens (primary N) is 2. The lowest BCUT2D eigenvalue weighted by molar-refractivity contribution is 0.542. The highest BCUT2D eigenvalue weighted by Gasteiger charge is 2.20. The van der Waals surface area contributed by atoms with E-state index in [1.165, 1.54) is 12.3 Å². The first-order valence-corrected chi connectivity index (χ1v) is 4.83. The fourth-order valence-electron chi connectivity index (χ4n) is 1.62. The number of nitrogens with one attached hydrogen (secondary N) is 2. The van der Waals surface area contributed by atoms with E-state index in [2.05, 4.69) is 15.6 Å². The predicted molar refractivity (Wildman–Crippen MR) is 58.5 cm³/mol. The van der Waals surface area contributed by atoms with E-state index >= 15 is 0 Å². The van der Waals surface area contributed by atoms with E-state index in [1.54, 1.807) is 0 Å². The van der Waals surface area contributed by atoms with Crippen LogP contribution in [-0.2, 0) is 0 Å². The quantitative estimate of drug-likeness (QED) is 0.471. The van der Waals surface area contributed by atoms with Gasteiger partial charge in [0.15, 0.2) is 0 Å². The van der Waals surface area contributed by atoms with Crippen molar-refractivity contribution in [2.75, 3.05) is 5.73 Å². The average Bonchev–Trinajstić information content (AvgIpc) is 2.69. The van der Waals surface area contributed by atoms with Gasteiger partial charge in [-0.2, -0.15) is 5.10 Å². The summed E-state index contributed by atoms with van der Waals surface area (Å²) < 4.78 is 26.4. The molecule has 0 spiro atoms. The van der Waals surface area contributed by atoms with Gasteiger partial charge in [0.1, 0.15) is 17.5 Å². The fraction of sp³-hybridized carbons (Fsp3) is 0.100. The molecule has 0 fully saturated rings. The summed E-state index contributed by atoms with van der Waals surface area (Å²) in [6, 6.07) is 2.56. The number of nitrogen functional groups attached to an aromatic ring is 1. The third-order valence-electron chi connectivity index (χ3n) is 2.45. The minimum atomic E-state index is -0.700. The maximum Gasteiger partial charge on any atom is 0.131 e. The average molecular weight is 239 g/mol. The molecule has 90 valence electrons. The van der Waals surface area contributed by atoms with Crippen molar-refractivity contribution in [3.63, 3.8) is 0 Å². The highest BCUT2D eigenvalue weighted by atomic mass is 19.1. The molecule has 0 saturated carbocycles. The zero-order valence-corrected chi connectivity index (χ0v) is 8.74. The molecule has 1 aromatic heterocycles. The van der Waals surface area contributed by atoms with Crippen LogP contribution in [0.4, 0.5) is 14.6 Å². The summed E-state index contributed by atoms with van der Waals surface area (Å²) in [4.78, 5) is 0. The molecule has 2 rings (SSSR count). The smallest absolute Gasteiger partial charge is 0.131 e. The molecule has 1 unspecified atom stereocenters. The number of hydrogen-bond donors (Lipinski definition) is 4. The van der Waals surface area contributed by atoms with Gasteiger partial charge in [-0.3, -0.25) is 10.9 Å². The molecule has 1 atom stereocenters. The third-order valence-corrected chi connectivity index (χ3v) is 2.45. The number of anilines is 1. The van der Waals surface area contributed by atoms with E-state index < -0.39 is 17.7 Å². The van der Waals surface area contributed by atoms with Crippen molar-refractivity contribution in [2.24, 2.45) is 5.84 Å². The van der Waals surface area contributed by atoms with Crippen LogP contribution >= 0.6 is 0 Å². The van der Waals surface area contributed by atoms with Crippen LogP contribution in [-0.4, -0.2) is 10.2 Å². The Kier molecular flexibility index (Phi) is 3.03. The molecular weight excluding hydrogens is 228 g/mol. The first-order chi connectivity index (χ1) is 8.13. The number of hydrogen-bond acceptors (Lipinski definition) is 4. The lowest BCUT2D eigenvalue weighted by atomic mass is 10.0. The van der Waals surface area contributed by atoms with Crippen molar-refractivity contribution in [1.29, 1.82) is 0 Å². The molecule has 0 aliphatic rings. The van der Waals surface area contributed by atoms with Crippen LogP contribution < -0.4 is 17.0 Å². The van der Waals surface area contributed by atoms with Gasteiger partial charge in [-0.05, 0) is 6.07 Å². The summed E-state index contributed by atoms with van der Waals surface area (Å²) in [6.07, 6.45) is 1.43. The molecule has 1 heterocycles. The molecule has 1 aromatic carbocycles. The van der Waals surface area contributed by atoms with Gasteiger partial charge in [-0.15, -0.1) is 0 Å². The number of halogens is 2. The molecule has 0 radical (unpaired) electrons. The van der Waals surface area contributed by atoms with Gasteiger partial charge >= 0.3 is 0 Å². The van der Waals surface area contributed by atoms with Crippen LogP contribution in [0.15, 0.2) is 24.4 Å². The Morgan fingerprint density at radius 1 is 1.29 bits per heavy atom. The fourth-order valence-corrected chi connectivity index (χ4v) is 1.62.